The van der Waals surface area contributed by atoms with Gasteiger partial charge in [0.2, 0.25) is 10.0 Å². The van der Waals surface area contributed by atoms with Gasteiger partial charge in [-0.1, -0.05) is 17.7 Å². The number of rotatable bonds is 4. The molecule has 1 fully saturated rings. The zero-order chi connectivity index (χ0) is 22.3. The van der Waals surface area contributed by atoms with Gasteiger partial charge in [-0.2, -0.15) is 4.31 Å². The van der Waals surface area contributed by atoms with E-state index in [1.54, 1.807) is 42.5 Å². The number of hydrogen-bond donors (Lipinski definition) is 2. The quantitative estimate of drug-likeness (QED) is 0.430. The number of amides is 1. The molecule has 2 aromatic rings. The number of carbonyl (C=O) groups excluding carboxylic acids is 1. The van der Waals surface area contributed by atoms with Gasteiger partial charge in [-0.15, -0.1) is 0 Å². The average Bonchev–Trinajstić information content (AvgIpc) is 2.65. The van der Waals surface area contributed by atoms with Gasteiger partial charge in [0.25, 0.3) is 5.91 Å². The summed E-state index contributed by atoms with van der Waals surface area (Å²) in [5, 5.41) is 12.6. The van der Waals surface area contributed by atoms with Crippen LogP contribution in [0.25, 0.3) is 0 Å². The van der Waals surface area contributed by atoms with Crippen LogP contribution in [0.2, 0.25) is 5.02 Å². The second-order valence-corrected chi connectivity index (χ2v) is 11.1. The molecule has 0 aliphatic carbocycles. The lowest BCUT2D eigenvalue weighted by Gasteiger charge is -2.35. The molecule has 2 N–H and O–H groups in total. The van der Waals surface area contributed by atoms with Crippen molar-refractivity contribution >= 4 is 55.8 Å². The molecule has 10 heteroatoms. The summed E-state index contributed by atoms with van der Waals surface area (Å²) in [4.78, 5) is 12.7. The van der Waals surface area contributed by atoms with Crippen LogP contribution in [0.5, 0.6) is 0 Å². The van der Waals surface area contributed by atoms with E-state index < -0.39 is 27.3 Å². The van der Waals surface area contributed by atoms with Crippen LogP contribution in [0.4, 0.5) is 10.1 Å². The van der Waals surface area contributed by atoms with Gasteiger partial charge in [-0.05, 0) is 79.1 Å². The summed E-state index contributed by atoms with van der Waals surface area (Å²) in [5.74, 6) is -1.11. The molecule has 1 heterocycles. The fourth-order valence-electron chi connectivity index (χ4n) is 3.20. The van der Waals surface area contributed by atoms with E-state index in [1.807, 2.05) is 0 Å². The Morgan fingerprint density at radius 3 is 2.50 bits per heavy atom. The first-order chi connectivity index (χ1) is 13.9. The highest BCUT2D eigenvalue weighted by Gasteiger charge is 2.34. The maximum Gasteiger partial charge on any atom is 0.255 e. The number of aliphatic hydroxyl groups is 1. The number of benzene rings is 2. The first kappa shape index (κ1) is 23.4. The number of sulfonamides is 1. The van der Waals surface area contributed by atoms with Crippen LogP contribution in [0, 0.1) is 16.3 Å². The van der Waals surface area contributed by atoms with Gasteiger partial charge in [0.15, 0.2) is 5.82 Å². The van der Waals surface area contributed by atoms with Crippen molar-refractivity contribution < 1.29 is 22.7 Å². The molecule has 3 rings (SSSR count). The van der Waals surface area contributed by atoms with E-state index in [9.17, 15) is 22.7 Å². The van der Waals surface area contributed by atoms with Crippen molar-refractivity contribution in [3.05, 3.63) is 55.9 Å². The number of nitrogens with zero attached hydrogens (tertiary/aromatic N) is 1. The van der Waals surface area contributed by atoms with E-state index in [4.69, 9.17) is 11.6 Å². The van der Waals surface area contributed by atoms with Crippen molar-refractivity contribution in [1.82, 2.24) is 4.31 Å². The van der Waals surface area contributed by atoms with Crippen molar-refractivity contribution in [2.24, 2.45) is 0 Å². The number of nitrogens with one attached hydrogen (secondary N) is 1. The van der Waals surface area contributed by atoms with E-state index in [0.29, 0.717) is 24.1 Å². The number of halogens is 3. The van der Waals surface area contributed by atoms with E-state index in [2.05, 4.69) is 5.32 Å². The predicted octanol–water partition coefficient (Wildman–Crippen LogP) is 4.18. The lowest BCUT2D eigenvalue weighted by atomic mass is 9.95. The number of piperidine rings is 1. The Kier molecular flexibility index (Phi) is 6.78. The zero-order valence-electron chi connectivity index (χ0n) is 16.4. The number of aryl methyl sites for hydroxylation is 1. The Morgan fingerprint density at radius 2 is 1.90 bits per heavy atom. The molecule has 6 nitrogen and oxygen atoms in total. The number of anilines is 1. The molecule has 0 spiro atoms. The van der Waals surface area contributed by atoms with Gasteiger partial charge in [-0.3, -0.25) is 4.79 Å². The molecule has 0 aromatic heterocycles. The molecule has 30 heavy (non-hydrogen) atoms. The Labute approximate surface area is 193 Å². The lowest BCUT2D eigenvalue weighted by molar-refractivity contribution is 0.0126. The van der Waals surface area contributed by atoms with Gasteiger partial charge < -0.3 is 10.4 Å². The molecule has 2 aromatic carbocycles. The van der Waals surface area contributed by atoms with Crippen LogP contribution in [0.3, 0.4) is 0 Å². The summed E-state index contributed by atoms with van der Waals surface area (Å²) in [7, 11) is -3.82. The Morgan fingerprint density at radius 1 is 1.27 bits per heavy atom. The minimum absolute atomic E-state index is 0.0448. The van der Waals surface area contributed by atoms with Crippen LogP contribution in [-0.2, 0) is 10.0 Å². The highest BCUT2D eigenvalue weighted by molar-refractivity contribution is 14.1. The maximum absolute atomic E-state index is 13.7. The zero-order valence-corrected chi connectivity index (χ0v) is 20.1. The number of hydrogen-bond acceptors (Lipinski definition) is 4. The molecule has 1 amide bonds. The normalized spacial score (nSPS) is 17.0. The van der Waals surface area contributed by atoms with Crippen molar-refractivity contribution in [2.75, 3.05) is 18.4 Å². The van der Waals surface area contributed by atoms with Crippen molar-refractivity contribution in [3.8, 4) is 0 Å². The van der Waals surface area contributed by atoms with E-state index in [-0.39, 0.29) is 32.1 Å². The van der Waals surface area contributed by atoms with E-state index in [1.165, 1.54) is 28.6 Å². The van der Waals surface area contributed by atoms with Gasteiger partial charge in [0.1, 0.15) is 0 Å². The first-order valence-corrected chi connectivity index (χ1v) is 12.1. The first-order valence-electron chi connectivity index (χ1n) is 9.20. The summed E-state index contributed by atoms with van der Waals surface area (Å²) in [6.07, 6.45) is 0.685. The van der Waals surface area contributed by atoms with Gasteiger partial charge in [0.05, 0.1) is 19.1 Å². The van der Waals surface area contributed by atoms with Crippen molar-refractivity contribution in [2.45, 2.75) is 37.2 Å². The smallest absolute Gasteiger partial charge is 0.255 e. The highest BCUT2D eigenvalue weighted by atomic mass is 127. The molecule has 0 radical (unpaired) electrons. The lowest BCUT2D eigenvalue weighted by Crippen LogP contribution is -2.45. The third-order valence-corrected chi connectivity index (χ3v) is 8.21. The molecule has 1 saturated heterocycles. The summed E-state index contributed by atoms with van der Waals surface area (Å²) in [6, 6.07) is 7.17. The monoisotopic (exact) mass is 566 g/mol. The largest absolute Gasteiger partial charge is 0.390 e. The Balaban J connectivity index is 1.87. The van der Waals surface area contributed by atoms with Crippen LogP contribution in [-0.4, -0.2) is 42.4 Å². The molecular formula is C20H21ClFIN2O4S. The van der Waals surface area contributed by atoms with Gasteiger partial charge >= 0.3 is 0 Å². The standard InChI is InChI=1S/C20H21ClFIN2O4S/c1-12-3-4-13(19(26)24-14-10-15(21)18(22)16(23)11-14)9-17(12)30(28,29)25-7-5-20(2,27)6-8-25/h3-4,9-11,27H,5-8H2,1-2H3,(H,24,26). The molecule has 162 valence electrons. The number of carbonyl (C=O) groups is 1. The summed E-state index contributed by atoms with van der Waals surface area (Å²) in [5.41, 5.74) is 0.0949. The summed E-state index contributed by atoms with van der Waals surface area (Å²) < 4.78 is 41.5. The van der Waals surface area contributed by atoms with Crippen molar-refractivity contribution in [1.29, 1.82) is 0 Å². The van der Waals surface area contributed by atoms with Gasteiger partial charge in [0, 0.05) is 24.3 Å². The van der Waals surface area contributed by atoms with Crippen LogP contribution in [0.1, 0.15) is 35.7 Å². The molecule has 0 atom stereocenters. The minimum Gasteiger partial charge on any atom is -0.390 e. The second kappa shape index (κ2) is 8.70. The highest BCUT2D eigenvalue weighted by Crippen LogP contribution is 2.29. The molecule has 0 bridgehead atoms. The molecule has 0 unspecified atom stereocenters. The molecule has 1 aliphatic heterocycles. The average molecular weight is 567 g/mol. The van der Waals surface area contributed by atoms with Gasteiger partial charge in [-0.25, -0.2) is 12.8 Å². The Hall–Kier alpha value is -1.27. The van der Waals surface area contributed by atoms with Crippen LogP contribution in [0.15, 0.2) is 35.2 Å². The van der Waals surface area contributed by atoms with E-state index >= 15 is 0 Å². The summed E-state index contributed by atoms with van der Waals surface area (Å²) >= 11 is 7.60. The third-order valence-electron chi connectivity index (χ3n) is 5.11. The maximum atomic E-state index is 13.7. The third kappa shape index (κ3) is 4.96. The molecule has 1 aliphatic rings. The summed E-state index contributed by atoms with van der Waals surface area (Å²) in [6.45, 7) is 3.77. The topological polar surface area (TPSA) is 86.7 Å². The van der Waals surface area contributed by atoms with Crippen LogP contribution >= 0.6 is 34.2 Å². The minimum atomic E-state index is -3.82. The van der Waals surface area contributed by atoms with Crippen LogP contribution < -0.4 is 5.32 Å². The predicted molar refractivity (Wildman–Crippen MR) is 122 cm³/mol. The fraction of sp³-hybridized carbons (Fsp3) is 0.350. The molecular weight excluding hydrogens is 546 g/mol. The Bertz CT molecular complexity index is 1070. The molecule has 0 saturated carbocycles. The SMILES string of the molecule is Cc1ccc(C(=O)Nc2cc(Cl)c(F)c(I)c2)cc1S(=O)(=O)N1CCC(C)(O)CC1. The second-order valence-electron chi connectivity index (χ2n) is 7.59. The van der Waals surface area contributed by atoms with Crippen molar-refractivity contribution in [3.63, 3.8) is 0 Å². The fourth-order valence-corrected chi connectivity index (χ4v) is 5.89. The van der Waals surface area contributed by atoms with E-state index in [0.717, 1.165) is 0 Å².